The summed E-state index contributed by atoms with van der Waals surface area (Å²) in [6.07, 6.45) is -1.33. The first-order valence-electron chi connectivity index (χ1n) is 7.37. The number of carbonyl (C=O) groups is 1. The number of nitrogens with one attached hydrogen (secondary N) is 1. The quantitative estimate of drug-likeness (QED) is 0.736. The Morgan fingerprint density at radius 2 is 2.08 bits per heavy atom. The lowest BCUT2D eigenvalue weighted by molar-refractivity contribution is -0.137. The summed E-state index contributed by atoms with van der Waals surface area (Å²) in [6.45, 7) is 2.09. The average molecular weight is 365 g/mol. The summed E-state index contributed by atoms with van der Waals surface area (Å²) >= 11 is 1.38. The van der Waals surface area contributed by atoms with Crippen LogP contribution in [0.25, 0.3) is 0 Å². The van der Waals surface area contributed by atoms with E-state index in [-0.39, 0.29) is 12.5 Å². The van der Waals surface area contributed by atoms with Crippen molar-refractivity contribution in [1.82, 2.24) is 9.78 Å². The molecule has 0 radical (unpaired) electrons. The zero-order chi connectivity index (χ0) is 18.0. The molecule has 0 spiro atoms. The Bertz CT molecular complexity index is 898. The topological polar surface area (TPSA) is 46.9 Å². The van der Waals surface area contributed by atoms with Gasteiger partial charge in [-0.15, -0.1) is 11.3 Å². The van der Waals surface area contributed by atoms with Crippen molar-refractivity contribution in [1.29, 1.82) is 0 Å². The molecule has 0 saturated carbocycles. The standard InChI is InChI=1S/C17H14F3N3OS/c1-11-5-6-15(25-11)16(24)22-14-8-21-23(10-14)9-12-3-2-4-13(7-12)17(18,19)20/h2-8,10H,9H2,1H3,(H,22,24). The SMILES string of the molecule is Cc1ccc(C(=O)Nc2cnn(Cc3cccc(C(F)(F)F)c3)c2)s1. The van der Waals surface area contributed by atoms with Gasteiger partial charge in [0.15, 0.2) is 0 Å². The van der Waals surface area contributed by atoms with Gasteiger partial charge in [-0.2, -0.15) is 18.3 Å². The number of rotatable bonds is 4. The average Bonchev–Trinajstić information content (AvgIpc) is 3.16. The molecule has 25 heavy (non-hydrogen) atoms. The Morgan fingerprint density at radius 1 is 1.28 bits per heavy atom. The van der Waals surface area contributed by atoms with E-state index in [1.165, 1.54) is 28.3 Å². The van der Waals surface area contributed by atoms with Gasteiger partial charge in [0.05, 0.1) is 28.9 Å². The number of nitrogens with zero attached hydrogens (tertiary/aromatic N) is 2. The van der Waals surface area contributed by atoms with Gasteiger partial charge in [-0.1, -0.05) is 12.1 Å². The fourth-order valence-electron chi connectivity index (χ4n) is 2.30. The molecule has 1 aromatic carbocycles. The Balaban J connectivity index is 1.69. The molecule has 0 aliphatic carbocycles. The summed E-state index contributed by atoms with van der Waals surface area (Å²) in [6, 6.07) is 8.68. The second-order valence-electron chi connectivity index (χ2n) is 5.49. The molecule has 4 nitrogen and oxygen atoms in total. The molecule has 0 aliphatic heterocycles. The Labute approximate surface area is 145 Å². The van der Waals surface area contributed by atoms with Crippen molar-refractivity contribution in [3.63, 3.8) is 0 Å². The molecule has 1 N–H and O–H groups in total. The number of aryl methyl sites for hydroxylation is 1. The summed E-state index contributed by atoms with van der Waals surface area (Å²) in [5, 5.41) is 6.80. The smallest absolute Gasteiger partial charge is 0.319 e. The Kier molecular flexibility index (Phi) is 4.63. The fraction of sp³-hybridized carbons (Fsp3) is 0.176. The molecule has 0 saturated heterocycles. The van der Waals surface area contributed by atoms with E-state index in [4.69, 9.17) is 0 Å². The summed E-state index contributed by atoms with van der Waals surface area (Å²) in [5.74, 6) is -0.239. The van der Waals surface area contributed by atoms with Crippen molar-refractivity contribution in [3.8, 4) is 0 Å². The van der Waals surface area contributed by atoms with Crippen molar-refractivity contribution in [2.45, 2.75) is 19.6 Å². The van der Waals surface area contributed by atoms with Gasteiger partial charge >= 0.3 is 6.18 Å². The maximum absolute atomic E-state index is 12.7. The number of amides is 1. The second kappa shape index (κ2) is 6.72. The molecule has 0 bridgehead atoms. The lowest BCUT2D eigenvalue weighted by atomic mass is 10.1. The molecule has 0 fully saturated rings. The van der Waals surface area contributed by atoms with Crippen LogP contribution in [0.3, 0.4) is 0 Å². The largest absolute Gasteiger partial charge is 0.416 e. The van der Waals surface area contributed by atoms with Crippen LogP contribution in [-0.2, 0) is 12.7 Å². The van der Waals surface area contributed by atoms with Crippen molar-refractivity contribution >= 4 is 22.9 Å². The van der Waals surface area contributed by atoms with Crippen LogP contribution in [0.15, 0.2) is 48.8 Å². The van der Waals surface area contributed by atoms with E-state index < -0.39 is 11.7 Å². The summed E-state index contributed by atoms with van der Waals surface area (Å²) in [4.78, 5) is 13.7. The number of thiophene rings is 1. The van der Waals surface area contributed by atoms with Gasteiger partial charge in [0, 0.05) is 11.1 Å². The number of alkyl halides is 3. The van der Waals surface area contributed by atoms with E-state index in [1.807, 2.05) is 13.0 Å². The molecular weight excluding hydrogens is 351 g/mol. The van der Waals surface area contributed by atoms with E-state index in [2.05, 4.69) is 10.4 Å². The first kappa shape index (κ1) is 17.2. The lowest BCUT2D eigenvalue weighted by Crippen LogP contribution is -2.09. The molecule has 2 heterocycles. The molecular formula is C17H14F3N3OS. The molecule has 0 atom stereocenters. The molecule has 8 heteroatoms. The first-order chi connectivity index (χ1) is 11.8. The number of hydrogen-bond acceptors (Lipinski definition) is 3. The normalized spacial score (nSPS) is 11.5. The van der Waals surface area contributed by atoms with Crippen LogP contribution in [0.2, 0.25) is 0 Å². The third-order valence-corrected chi connectivity index (χ3v) is 4.45. The third kappa shape index (κ3) is 4.27. The second-order valence-corrected chi connectivity index (χ2v) is 6.78. The highest BCUT2D eigenvalue weighted by molar-refractivity contribution is 7.14. The van der Waals surface area contributed by atoms with Crippen LogP contribution in [0, 0.1) is 6.92 Å². The minimum atomic E-state index is -4.38. The zero-order valence-corrected chi connectivity index (χ0v) is 14.0. The van der Waals surface area contributed by atoms with Crippen molar-refractivity contribution < 1.29 is 18.0 Å². The van der Waals surface area contributed by atoms with Gasteiger partial charge in [0.1, 0.15) is 0 Å². The number of aromatic nitrogens is 2. The minimum Gasteiger partial charge on any atom is -0.319 e. The highest BCUT2D eigenvalue weighted by Gasteiger charge is 2.30. The van der Waals surface area contributed by atoms with Gasteiger partial charge in [0.2, 0.25) is 0 Å². The van der Waals surface area contributed by atoms with Gasteiger partial charge in [-0.05, 0) is 36.8 Å². The van der Waals surface area contributed by atoms with Crippen LogP contribution < -0.4 is 5.32 Å². The molecule has 3 aromatic rings. The van der Waals surface area contributed by atoms with Crippen molar-refractivity contribution in [2.75, 3.05) is 5.32 Å². The van der Waals surface area contributed by atoms with Crippen LogP contribution in [0.5, 0.6) is 0 Å². The predicted octanol–water partition coefficient (Wildman–Crippen LogP) is 4.57. The summed E-state index contributed by atoms with van der Waals surface area (Å²) < 4.78 is 39.7. The highest BCUT2D eigenvalue weighted by atomic mass is 32.1. The minimum absolute atomic E-state index is 0.178. The van der Waals surface area contributed by atoms with E-state index in [0.29, 0.717) is 16.1 Å². The number of carbonyl (C=O) groups excluding carboxylic acids is 1. The maximum Gasteiger partial charge on any atom is 0.416 e. The Morgan fingerprint density at radius 3 is 2.76 bits per heavy atom. The number of hydrogen-bond donors (Lipinski definition) is 1. The maximum atomic E-state index is 12.7. The zero-order valence-electron chi connectivity index (χ0n) is 13.2. The Hall–Kier alpha value is -2.61. The van der Waals surface area contributed by atoms with Crippen molar-refractivity contribution in [2.24, 2.45) is 0 Å². The molecule has 3 rings (SSSR count). The summed E-state index contributed by atoms with van der Waals surface area (Å²) in [7, 11) is 0. The molecule has 2 aromatic heterocycles. The van der Waals surface area contributed by atoms with Crippen LogP contribution in [0.1, 0.15) is 25.7 Å². The number of anilines is 1. The number of halogens is 3. The summed E-state index contributed by atoms with van der Waals surface area (Å²) in [5.41, 5.74) is 0.270. The fourth-order valence-corrected chi connectivity index (χ4v) is 3.06. The van der Waals surface area contributed by atoms with Crippen LogP contribution >= 0.6 is 11.3 Å². The molecule has 0 aliphatic rings. The monoisotopic (exact) mass is 365 g/mol. The van der Waals surface area contributed by atoms with Gasteiger partial charge < -0.3 is 5.32 Å². The van der Waals surface area contributed by atoms with E-state index in [0.717, 1.165) is 17.0 Å². The lowest BCUT2D eigenvalue weighted by Gasteiger charge is -2.08. The van der Waals surface area contributed by atoms with Gasteiger partial charge in [-0.3, -0.25) is 9.48 Å². The number of benzene rings is 1. The van der Waals surface area contributed by atoms with E-state index in [1.54, 1.807) is 18.3 Å². The molecule has 1 amide bonds. The highest BCUT2D eigenvalue weighted by Crippen LogP contribution is 2.29. The van der Waals surface area contributed by atoms with Crippen molar-refractivity contribution in [3.05, 3.63) is 69.7 Å². The van der Waals surface area contributed by atoms with Crippen LogP contribution in [0.4, 0.5) is 18.9 Å². The molecule has 130 valence electrons. The van der Waals surface area contributed by atoms with E-state index in [9.17, 15) is 18.0 Å². The molecule has 0 unspecified atom stereocenters. The van der Waals surface area contributed by atoms with E-state index >= 15 is 0 Å². The first-order valence-corrected chi connectivity index (χ1v) is 8.19. The van der Waals surface area contributed by atoms with Gasteiger partial charge in [0.25, 0.3) is 5.91 Å². The third-order valence-electron chi connectivity index (χ3n) is 3.45. The van der Waals surface area contributed by atoms with Gasteiger partial charge in [-0.25, -0.2) is 0 Å². The predicted molar refractivity (Wildman–Crippen MR) is 89.8 cm³/mol. The van der Waals surface area contributed by atoms with Crippen LogP contribution in [-0.4, -0.2) is 15.7 Å².